The lowest BCUT2D eigenvalue weighted by Crippen LogP contribution is -2.43. The summed E-state index contributed by atoms with van der Waals surface area (Å²) in [5, 5.41) is 0. The van der Waals surface area contributed by atoms with Gasteiger partial charge in [-0.05, 0) is 31.4 Å². The van der Waals surface area contributed by atoms with Crippen molar-refractivity contribution in [3.8, 4) is 0 Å². The first-order chi connectivity index (χ1) is 13.2. The number of ketones is 1. The number of piperidine rings is 1. The van der Waals surface area contributed by atoms with Crippen molar-refractivity contribution in [2.24, 2.45) is 5.92 Å². The number of methoxy groups -OCH3 is 1. The monoisotopic (exact) mass is 402 g/mol. The number of esters is 1. The second-order valence-electron chi connectivity index (χ2n) is 6.32. The Hall–Kier alpha value is -2.65. The van der Waals surface area contributed by atoms with Crippen LogP contribution in [0.2, 0.25) is 0 Å². The van der Waals surface area contributed by atoms with E-state index in [9.17, 15) is 27.6 Å². The van der Waals surface area contributed by atoms with Crippen LogP contribution < -0.4 is 0 Å². The second kappa shape index (κ2) is 9.03. The molecule has 7 nitrogen and oxygen atoms in total. The largest absolute Gasteiger partial charge is 0.466 e. The van der Waals surface area contributed by atoms with Crippen LogP contribution in [0.1, 0.15) is 43.5 Å². The van der Waals surface area contributed by atoms with Gasteiger partial charge in [-0.2, -0.15) is 13.2 Å². The van der Waals surface area contributed by atoms with Crippen LogP contribution in [0.3, 0.4) is 0 Å². The van der Waals surface area contributed by atoms with Gasteiger partial charge >= 0.3 is 18.2 Å². The summed E-state index contributed by atoms with van der Waals surface area (Å²) in [5.74, 6) is -1.49. The number of hydrogen-bond donors (Lipinski definition) is 0. The summed E-state index contributed by atoms with van der Waals surface area (Å²) in [6.07, 6.45) is -4.10. The molecule has 0 unspecified atom stereocenters. The Morgan fingerprint density at radius 2 is 2.00 bits per heavy atom. The fourth-order valence-electron chi connectivity index (χ4n) is 3.18. The lowest BCUT2D eigenvalue weighted by atomic mass is 9.84. The van der Waals surface area contributed by atoms with Crippen molar-refractivity contribution in [2.75, 3.05) is 20.3 Å². The van der Waals surface area contributed by atoms with Gasteiger partial charge in [0, 0.05) is 18.7 Å². The number of aromatic nitrogens is 1. The van der Waals surface area contributed by atoms with E-state index in [0.29, 0.717) is 12.0 Å². The molecule has 0 bridgehead atoms. The first-order valence-corrected chi connectivity index (χ1v) is 8.73. The van der Waals surface area contributed by atoms with Gasteiger partial charge in [0.25, 0.3) is 0 Å². The predicted molar refractivity (Wildman–Crippen MR) is 90.1 cm³/mol. The van der Waals surface area contributed by atoms with E-state index in [4.69, 9.17) is 9.47 Å². The van der Waals surface area contributed by atoms with Gasteiger partial charge in [0.05, 0.1) is 19.8 Å². The molecule has 0 aliphatic carbocycles. The van der Waals surface area contributed by atoms with Gasteiger partial charge in [0.2, 0.25) is 0 Å². The fourth-order valence-corrected chi connectivity index (χ4v) is 3.18. The highest BCUT2D eigenvalue weighted by Crippen LogP contribution is 2.36. The van der Waals surface area contributed by atoms with Crippen LogP contribution >= 0.6 is 0 Å². The van der Waals surface area contributed by atoms with Crippen LogP contribution in [0.5, 0.6) is 0 Å². The molecule has 1 aromatic rings. The molecule has 1 aromatic heterocycles. The summed E-state index contributed by atoms with van der Waals surface area (Å²) in [4.78, 5) is 40.8. The van der Waals surface area contributed by atoms with E-state index in [-0.39, 0.29) is 31.8 Å². The average Bonchev–Trinajstić information content (AvgIpc) is 2.66. The van der Waals surface area contributed by atoms with E-state index in [1.807, 2.05) is 0 Å². The smallest absolute Gasteiger partial charge is 0.433 e. The Morgan fingerprint density at radius 1 is 1.29 bits per heavy atom. The summed E-state index contributed by atoms with van der Waals surface area (Å²) in [7, 11) is 1.20. The number of rotatable bonds is 5. The van der Waals surface area contributed by atoms with Gasteiger partial charge in [0.1, 0.15) is 17.9 Å². The highest BCUT2D eigenvalue weighted by molar-refractivity contribution is 5.96. The number of alkyl halides is 3. The first kappa shape index (κ1) is 21.6. The zero-order chi connectivity index (χ0) is 20.9. The van der Waals surface area contributed by atoms with Crippen LogP contribution in [-0.2, 0) is 25.2 Å². The van der Waals surface area contributed by atoms with Gasteiger partial charge in [-0.3, -0.25) is 14.6 Å². The standard InChI is InChI=1S/C18H21F3N2O5/c1-3-28-16(25)9-14(24)11-6-7-23(17(26)27-2)13(8-11)12-4-5-15(22-10-12)18(19,20)21/h4-5,10-11,13H,3,6-9H2,1-2H3/t11-,13-/m1/s1. The Balaban J connectivity index is 2.21. The summed E-state index contributed by atoms with van der Waals surface area (Å²) in [5.41, 5.74) is -0.696. The molecule has 0 saturated carbocycles. The normalized spacial score (nSPS) is 19.8. The third-order valence-electron chi connectivity index (χ3n) is 4.55. The Bertz CT molecular complexity index is 721. The number of hydrogen-bond acceptors (Lipinski definition) is 6. The number of amides is 1. The van der Waals surface area contributed by atoms with Crippen molar-refractivity contribution in [2.45, 2.75) is 38.4 Å². The molecule has 1 aliphatic heterocycles. The van der Waals surface area contributed by atoms with Crippen molar-refractivity contribution in [3.63, 3.8) is 0 Å². The van der Waals surface area contributed by atoms with Crippen molar-refractivity contribution >= 4 is 17.8 Å². The number of carbonyl (C=O) groups excluding carboxylic acids is 3. The van der Waals surface area contributed by atoms with Crippen LogP contribution in [0.15, 0.2) is 18.3 Å². The summed E-state index contributed by atoms with van der Waals surface area (Å²) < 4.78 is 47.7. The number of nitrogens with zero attached hydrogens (tertiary/aromatic N) is 2. The minimum Gasteiger partial charge on any atom is -0.466 e. The molecule has 1 amide bonds. The van der Waals surface area contributed by atoms with Crippen molar-refractivity contribution in [1.29, 1.82) is 0 Å². The summed E-state index contributed by atoms with van der Waals surface area (Å²) in [6, 6.07) is 1.37. The minimum absolute atomic E-state index is 0.153. The molecule has 154 valence electrons. The van der Waals surface area contributed by atoms with Crippen LogP contribution in [0.4, 0.5) is 18.0 Å². The molecule has 2 rings (SSSR count). The van der Waals surface area contributed by atoms with Crippen molar-refractivity contribution in [1.82, 2.24) is 9.88 Å². The molecule has 0 radical (unpaired) electrons. The van der Waals surface area contributed by atoms with Gasteiger partial charge < -0.3 is 14.4 Å². The molecule has 1 fully saturated rings. The van der Waals surface area contributed by atoms with Crippen molar-refractivity contribution < 1.29 is 37.0 Å². The zero-order valence-corrected chi connectivity index (χ0v) is 15.5. The maximum Gasteiger partial charge on any atom is 0.433 e. The molecule has 28 heavy (non-hydrogen) atoms. The van der Waals surface area contributed by atoms with E-state index >= 15 is 0 Å². The maximum absolute atomic E-state index is 12.7. The number of pyridine rings is 1. The first-order valence-electron chi connectivity index (χ1n) is 8.73. The lowest BCUT2D eigenvalue weighted by Gasteiger charge is -2.38. The van der Waals surface area contributed by atoms with Gasteiger partial charge in [0.15, 0.2) is 0 Å². The van der Waals surface area contributed by atoms with E-state index in [0.717, 1.165) is 12.3 Å². The highest BCUT2D eigenvalue weighted by Gasteiger charge is 2.38. The topological polar surface area (TPSA) is 85.8 Å². The third-order valence-corrected chi connectivity index (χ3v) is 4.55. The molecule has 10 heteroatoms. The van der Waals surface area contributed by atoms with Crippen LogP contribution in [-0.4, -0.2) is 48.0 Å². The molecule has 0 aromatic carbocycles. The van der Waals surface area contributed by atoms with Gasteiger partial charge in [-0.25, -0.2) is 4.79 Å². The quantitative estimate of drug-likeness (QED) is 0.556. The Morgan fingerprint density at radius 3 is 2.54 bits per heavy atom. The van der Waals surface area contributed by atoms with E-state index < -0.39 is 35.9 Å². The maximum atomic E-state index is 12.7. The van der Waals surface area contributed by atoms with Crippen molar-refractivity contribution in [3.05, 3.63) is 29.6 Å². The molecule has 0 N–H and O–H groups in total. The van der Waals surface area contributed by atoms with Crippen LogP contribution in [0, 0.1) is 5.92 Å². The number of halogens is 3. The SMILES string of the molecule is CCOC(=O)CC(=O)[C@@H]1CCN(C(=O)OC)[C@@H](c2ccc(C(F)(F)F)nc2)C1. The molecule has 1 saturated heterocycles. The Labute approximate surface area is 159 Å². The Kier molecular flexibility index (Phi) is 6.98. The van der Waals surface area contributed by atoms with Crippen LogP contribution in [0.25, 0.3) is 0 Å². The summed E-state index contributed by atoms with van der Waals surface area (Å²) >= 11 is 0. The number of likely N-dealkylation sites (tertiary alicyclic amines) is 1. The zero-order valence-electron chi connectivity index (χ0n) is 15.5. The summed E-state index contributed by atoms with van der Waals surface area (Å²) in [6.45, 7) is 1.95. The van der Waals surface area contributed by atoms with Gasteiger partial charge in [-0.15, -0.1) is 0 Å². The molecular formula is C18H21F3N2O5. The predicted octanol–water partition coefficient (Wildman–Crippen LogP) is 3.14. The third kappa shape index (κ3) is 5.20. The second-order valence-corrected chi connectivity index (χ2v) is 6.32. The van der Waals surface area contributed by atoms with E-state index in [1.165, 1.54) is 18.1 Å². The molecule has 2 atom stereocenters. The van der Waals surface area contributed by atoms with E-state index in [1.54, 1.807) is 6.92 Å². The van der Waals surface area contributed by atoms with E-state index in [2.05, 4.69) is 4.98 Å². The van der Waals surface area contributed by atoms with Gasteiger partial charge in [-0.1, -0.05) is 6.07 Å². The highest BCUT2D eigenvalue weighted by atomic mass is 19.4. The average molecular weight is 402 g/mol. The number of Topliss-reactive ketones (excluding diaryl/α,β-unsaturated/α-hetero) is 1. The number of ether oxygens (including phenoxy) is 2. The minimum atomic E-state index is -4.58. The fraction of sp³-hybridized carbons (Fsp3) is 0.556. The molecule has 1 aliphatic rings. The lowest BCUT2D eigenvalue weighted by molar-refractivity contribution is -0.147. The number of carbonyl (C=O) groups is 3. The molecule has 0 spiro atoms. The molecule has 2 heterocycles. The molecular weight excluding hydrogens is 381 g/mol.